The Balaban J connectivity index is 1.87. The molecule has 136 valence electrons. The van der Waals surface area contributed by atoms with E-state index in [-0.39, 0.29) is 0 Å². The highest BCUT2D eigenvalue weighted by molar-refractivity contribution is 7.15. The minimum Gasteiger partial charge on any atom is -0.497 e. The van der Waals surface area contributed by atoms with E-state index in [1.807, 2.05) is 26.0 Å². The predicted octanol–water partition coefficient (Wildman–Crippen LogP) is 3.64. The average molecular weight is 372 g/mol. The van der Waals surface area contributed by atoms with E-state index in [0.717, 1.165) is 15.7 Å². The maximum Gasteiger partial charge on any atom is 0.188 e. The summed E-state index contributed by atoms with van der Waals surface area (Å²) in [5, 5.41) is 7.05. The van der Waals surface area contributed by atoms with Crippen LogP contribution in [-0.2, 0) is 0 Å². The predicted molar refractivity (Wildman–Crippen MR) is 104 cm³/mol. The Morgan fingerprint density at radius 2 is 1.77 bits per heavy atom. The summed E-state index contributed by atoms with van der Waals surface area (Å²) in [4.78, 5) is 14.0. The number of methoxy groups -OCH3 is 2. The number of benzene rings is 1. The van der Waals surface area contributed by atoms with Gasteiger partial charge in [-0.1, -0.05) is 0 Å². The second kappa shape index (κ2) is 7.44. The second-order valence-corrected chi connectivity index (χ2v) is 6.66. The van der Waals surface area contributed by atoms with Crippen LogP contribution < -0.4 is 25.8 Å². The number of nitrogens with zero attached hydrogens (tertiary/aromatic N) is 3. The molecule has 0 amide bonds. The van der Waals surface area contributed by atoms with Gasteiger partial charge in [-0.3, -0.25) is 0 Å². The van der Waals surface area contributed by atoms with Crippen LogP contribution in [0.25, 0.3) is 0 Å². The SMILES string of the molecule is COc1ccc(Nc2ncnc(Nc3nc(C)c(C)s3)c2N)c(OC)c1. The molecule has 0 saturated carbocycles. The highest BCUT2D eigenvalue weighted by atomic mass is 32.1. The number of ether oxygens (including phenoxy) is 2. The number of aryl methyl sites for hydroxylation is 2. The van der Waals surface area contributed by atoms with E-state index in [1.54, 1.807) is 31.6 Å². The summed E-state index contributed by atoms with van der Waals surface area (Å²) in [6.45, 7) is 3.98. The molecule has 0 saturated heterocycles. The Hall–Kier alpha value is -3.07. The third kappa shape index (κ3) is 3.62. The number of rotatable bonds is 6. The average Bonchev–Trinajstić information content (AvgIpc) is 2.96. The molecule has 0 aliphatic carbocycles. The molecule has 0 fully saturated rings. The molecule has 1 aromatic carbocycles. The van der Waals surface area contributed by atoms with Gasteiger partial charge in [-0.15, -0.1) is 11.3 Å². The molecule has 4 N–H and O–H groups in total. The van der Waals surface area contributed by atoms with Crippen molar-refractivity contribution in [2.24, 2.45) is 0 Å². The quantitative estimate of drug-likeness (QED) is 0.602. The Morgan fingerprint density at radius 3 is 2.38 bits per heavy atom. The standard InChI is InChI=1S/C17H20N6O2S/c1-9-10(2)26-17(21-9)23-16-14(18)15(19-8-20-16)22-12-6-5-11(24-3)7-13(12)25-4/h5-8H,18H2,1-4H3,(H2,19,20,21,22,23). The summed E-state index contributed by atoms with van der Waals surface area (Å²) < 4.78 is 10.6. The molecule has 9 heteroatoms. The molecule has 3 rings (SSSR count). The number of hydrogen-bond acceptors (Lipinski definition) is 9. The van der Waals surface area contributed by atoms with Crippen molar-refractivity contribution in [3.63, 3.8) is 0 Å². The normalized spacial score (nSPS) is 10.5. The first-order chi connectivity index (χ1) is 12.5. The van der Waals surface area contributed by atoms with E-state index in [9.17, 15) is 0 Å². The van der Waals surface area contributed by atoms with Crippen LogP contribution in [0.2, 0.25) is 0 Å². The van der Waals surface area contributed by atoms with Crippen molar-refractivity contribution in [1.29, 1.82) is 0 Å². The summed E-state index contributed by atoms with van der Waals surface area (Å²) in [5.41, 5.74) is 8.31. The minimum absolute atomic E-state index is 0.385. The lowest BCUT2D eigenvalue weighted by molar-refractivity contribution is 0.395. The van der Waals surface area contributed by atoms with Gasteiger partial charge in [0.15, 0.2) is 16.8 Å². The number of thiazole rings is 1. The zero-order valence-electron chi connectivity index (χ0n) is 15.0. The fraction of sp³-hybridized carbons (Fsp3) is 0.235. The highest BCUT2D eigenvalue weighted by Gasteiger charge is 2.13. The molecular weight excluding hydrogens is 352 g/mol. The van der Waals surface area contributed by atoms with Crippen LogP contribution in [0.3, 0.4) is 0 Å². The molecular formula is C17H20N6O2S. The van der Waals surface area contributed by atoms with Gasteiger partial charge in [-0.2, -0.15) is 0 Å². The number of nitrogens with one attached hydrogen (secondary N) is 2. The molecule has 0 aliphatic heterocycles. The van der Waals surface area contributed by atoms with Gasteiger partial charge in [0, 0.05) is 10.9 Å². The van der Waals surface area contributed by atoms with Crippen molar-refractivity contribution in [3.8, 4) is 11.5 Å². The fourth-order valence-electron chi connectivity index (χ4n) is 2.25. The van der Waals surface area contributed by atoms with E-state index in [1.165, 1.54) is 6.33 Å². The monoisotopic (exact) mass is 372 g/mol. The summed E-state index contributed by atoms with van der Waals surface area (Å²) in [6, 6.07) is 5.43. The molecule has 2 aromatic heterocycles. The van der Waals surface area contributed by atoms with Gasteiger partial charge >= 0.3 is 0 Å². The first kappa shape index (κ1) is 17.7. The molecule has 0 spiro atoms. The van der Waals surface area contributed by atoms with Gasteiger partial charge in [-0.05, 0) is 26.0 Å². The van der Waals surface area contributed by atoms with Crippen molar-refractivity contribution in [2.45, 2.75) is 13.8 Å². The molecule has 0 aliphatic rings. The number of anilines is 5. The molecule has 26 heavy (non-hydrogen) atoms. The van der Waals surface area contributed by atoms with E-state index in [0.29, 0.717) is 34.5 Å². The summed E-state index contributed by atoms with van der Waals surface area (Å²) in [7, 11) is 3.19. The Morgan fingerprint density at radius 1 is 1.04 bits per heavy atom. The molecule has 0 atom stereocenters. The zero-order valence-corrected chi connectivity index (χ0v) is 15.8. The van der Waals surface area contributed by atoms with Gasteiger partial charge < -0.3 is 25.8 Å². The van der Waals surface area contributed by atoms with Crippen LogP contribution in [0.15, 0.2) is 24.5 Å². The molecule has 0 unspecified atom stereocenters. The molecule has 0 bridgehead atoms. The van der Waals surface area contributed by atoms with Crippen LogP contribution in [0, 0.1) is 13.8 Å². The summed E-state index contributed by atoms with van der Waals surface area (Å²) >= 11 is 1.55. The van der Waals surface area contributed by atoms with Gasteiger partial charge in [0.25, 0.3) is 0 Å². The van der Waals surface area contributed by atoms with E-state index >= 15 is 0 Å². The highest BCUT2D eigenvalue weighted by Crippen LogP contribution is 2.34. The maximum atomic E-state index is 6.23. The summed E-state index contributed by atoms with van der Waals surface area (Å²) in [6.07, 6.45) is 1.43. The molecule has 3 aromatic rings. The molecule has 2 heterocycles. The molecule has 8 nitrogen and oxygen atoms in total. The fourth-order valence-corrected chi connectivity index (χ4v) is 3.07. The van der Waals surface area contributed by atoms with Crippen LogP contribution in [0.5, 0.6) is 11.5 Å². The lowest BCUT2D eigenvalue weighted by atomic mass is 10.2. The van der Waals surface area contributed by atoms with Gasteiger partial charge in [0.2, 0.25) is 0 Å². The van der Waals surface area contributed by atoms with Crippen LogP contribution >= 0.6 is 11.3 Å². The first-order valence-corrected chi connectivity index (χ1v) is 8.64. The Bertz CT molecular complexity index is 908. The largest absolute Gasteiger partial charge is 0.497 e. The van der Waals surface area contributed by atoms with Gasteiger partial charge in [-0.25, -0.2) is 15.0 Å². The Labute approximate surface area is 155 Å². The maximum absolute atomic E-state index is 6.23. The Kier molecular flexibility index (Phi) is 5.08. The lowest BCUT2D eigenvalue weighted by Gasteiger charge is -2.14. The van der Waals surface area contributed by atoms with Crippen molar-refractivity contribution >= 4 is 39.5 Å². The number of hydrogen-bond donors (Lipinski definition) is 3. The van der Waals surface area contributed by atoms with Gasteiger partial charge in [0.05, 0.1) is 25.6 Å². The van der Waals surface area contributed by atoms with Gasteiger partial charge in [0.1, 0.15) is 23.5 Å². The topological polar surface area (TPSA) is 107 Å². The smallest absolute Gasteiger partial charge is 0.188 e. The third-order valence-electron chi connectivity index (χ3n) is 3.80. The van der Waals surface area contributed by atoms with E-state index in [4.69, 9.17) is 15.2 Å². The second-order valence-electron chi connectivity index (χ2n) is 5.46. The van der Waals surface area contributed by atoms with E-state index in [2.05, 4.69) is 25.6 Å². The van der Waals surface area contributed by atoms with Crippen molar-refractivity contribution in [1.82, 2.24) is 15.0 Å². The number of aromatic nitrogens is 3. The van der Waals surface area contributed by atoms with Crippen LogP contribution in [0.4, 0.5) is 28.1 Å². The zero-order chi connectivity index (χ0) is 18.7. The number of nitrogens with two attached hydrogens (primary N) is 1. The third-order valence-corrected chi connectivity index (χ3v) is 4.79. The van der Waals surface area contributed by atoms with Crippen LogP contribution in [0.1, 0.15) is 10.6 Å². The van der Waals surface area contributed by atoms with Crippen molar-refractivity contribution in [2.75, 3.05) is 30.6 Å². The van der Waals surface area contributed by atoms with Crippen LogP contribution in [-0.4, -0.2) is 29.2 Å². The van der Waals surface area contributed by atoms with Crippen molar-refractivity contribution in [3.05, 3.63) is 35.1 Å². The van der Waals surface area contributed by atoms with E-state index < -0.39 is 0 Å². The molecule has 0 radical (unpaired) electrons. The minimum atomic E-state index is 0.385. The first-order valence-electron chi connectivity index (χ1n) is 7.82. The summed E-state index contributed by atoms with van der Waals surface area (Å²) in [5.74, 6) is 2.27. The van der Waals surface area contributed by atoms with Crippen molar-refractivity contribution < 1.29 is 9.47 Å². The number of nitrogen functional groups attached to an aromatic ring is 1. The lowest BCUT2D eigenvalue weighted by Crippen LogP contribution is -2.05.